The van der Waals surface area contributed by atoms with Gasteiger partial charge in [0.25, 0.3) is 5.91 Å². The van der Waals surface area contributed by atoms with E-state index in [1.165, 1.54) is 11.1 Å². The van der Waals surface area contributed by atoms with Crippen molar-refractivity contribution in [2.45, 2.75) is 12.3 Å². The molecule has 0 aliphatic carbocycles. The van der Waals surface area contributed by atoms with Crippen LogP contribution in [0.25, 0.3) is 16.9 Å². The Morgan fingerprint density at radius 3 is 2.03 bits per heavy atom. The number of carbonyl (C=O) groups excluding carboxylic acids is 1. The van der Waals surface area contributed by atoms with Crippen LogP contribution in [-0.2, 0) is 0 Å². The highest BCUT2D eigenvalue weighted by Gasteiger charge is 2.15. The van der Waals surface area contributed by atoms with Gasteiger partial charge in [-0.1, -0.05) is 84.4 Å². The molecule has 5 nitrogen and oxygen atoms in total. The number of carbonyl (C=O) groups is 1. The predicted octanol–water partition coefficient (Wildman–Crippen LogP) is 6.73. The lowest BCUT2D eigenvalue weighted by molar-refractivity contribution is 0.0953. The van der Waals surface area contributed by atoms with Crippen molar-refractivity contribution in [1.82, 2.24) is 15.1 Å². The summed E-state index contributed by atoms with van der Waals surface area (Å²) < 4.78 is 1.66. The van der Waals surface area contributed by atoms with E-state index < -0.39 is 0 Å². The van der Waals surface area contributed by atoms with Gasteiger partial charge in [-0.2, -0.15) is 5.10 Å². The third kappa shape index (κ3) is 5.74. The summed E-state index contributed by atoms with van der Waals surface area (Å²) in [7, 11) is 0. The predicted molar refractivity (Wildman–Crippen MR) is 150 cm³/mol. The number of rotatable bonds is 8. The van der Waals surface area contributed by atoms with Crippen molar-refractivity contribution in [2.24, 2.45) is 0 Å². The smallest absolute Gasteiger partial charge is 0.251 e. The maximum absolute atomic E-state index is 12.9. The molecule has 37 heavy (non-hydrogen) atoms. The van der Waals surface area contributed by atoms with Crippen LogP contribution in [0.1, 0.15) is 33.8 Å². The number of hydrogen-bond donors (Lipinski definition) is 2. The fourth-order valence-corrected chi connectivity index (χ4v) is 4.57. The standard InChI is InChI=1S/C31H27ClN4O/c32-26-15-11-24(12-16-26)29-21-30(33)36(35-29)27-17-13-25(14-18-27)31(37)34-20-19-28(22-7-3-1-4-8-22)23-9-5-2-6-10-23/h1-18,21,28H,19-20,33H2,(H,34,37). The van der Waals surface area contributed by atoms with E-state index in [0.717, 1.165) is 23.4 Å². The molecule has 0 bridgehead atoms. The molecule has 0 aliphatic heterocycles. The van der Waals surface area contributed by atoms with Crippen molar-refractivity contribution in [2.75, 3.05) is 12.3 Å². The average molecular weight is 507 g/mol. The van der Waals surface area contributed by atoms with E-state index in [1.54, 1.807) is 16.8 Å². The number of halogens is 1. The van der Waals surface area contributed by atoms with Crippen LogP contribution in [0, 0.1) is 0 Å². The molecule has 0 atom stereocenters. The van der Waals surface area contributed by atoms with E-state index in [-0.39, 0.29) is 11.8 Å². The minimum absolute atomic E-state index is 0.110. The number of aromatic nitrogens is 2. The van der Waals surface area contributed by atoms with Gasteiger partial charge in [0.15, 0.2) is 0 Å². The fraction of sp³-hybridized carbons (Fsp3) is 0.0968. The zero-order valence-corrected chi connectivity index (χ0v) is 21.0. The SMILES string of the molecule is Nc1cc(-c2ccc(Cl)cc2)nn1-c1ccc(C(=O)NCCC(c2ccccc2)c2ccccc2)cc1. The van der Waals surface area contributed by atoms with Crippen LogP contribution in [0.4, 0.5) is 5.82 Å². The van der Waals surface area contributed by atoms with E-state index in [2.05, 4.69) is 58.9 Å². The minimum Gasteiger partial charge on any atom is -0.384 e. The zero-order valence-electron chi connectivity index (χ0n) is 20.2. The van der Waals surface area contributed by atoms with E-state index in [9.17, 15) is 4.79 Å². The molecule has 6 heteroatoms. The Labute approximate surface area is 221 Å². The maximum atomic E-state index is 12.9. The van der Waals surface area contributed by atoms with Crippen molar-refractivity contribution in [3.63, 3.8) is 0 Å². The first-order chi connectivity index (χ1) is 18.1. The molecule has 0 spiro atoms. The van der Waals surface area contributed by atoms with Gasteiger partial charge in [-0.25, -0.2) is 4.68 Å². The summed E-state index contributed by atoms with van der Waals surface area (Å²) >= 11 is 5.99. The Hall–Kier alpha value is -4.35. The molecule has 5 aromatic rings. The first-order valence-corrected chi connectivity index (χ1v) is 12.6. The highest BCUT2D eigenvalue weighted by atomic mass is 35.5. The van der Waals surface area contributed by atoms with Gasteiger partial charge in [0, 0.05) is 34.7 Å². The molecule has 4 aromatic carbocycles. The summed E-state index contributed by atoms with van der Waals surface area (Å²) in [6.45, 7) is 0.561. The summed E-state index contributed by atoms with van der Waals surface area (Å²) in [6.07, 6.45) is 0.801. The van der Waals surface area contributed by atoms with E-state index >= 15 is 0 Å². The minimum atomic E-state index is -0.110. The van der Waals surface area contributed by atoms with Crippen molar-refractivity contribution < 1.29 is 4.79 Å². The summed E-state index contributed by atoms with van der Waals surface area (Å²) in [5.74, 6) is 0.611. The second kappa shape index (κ2) is 11.1. The van der Waals surface area contributed by atoms with Gasteiger partial charge < -0.3 is 11.1 Å². The molecule has 0 fully saturated rings. The average Bonchev–Trinajstić information content (AvgIpc) is 3.34. The summed E-state index contributed by atoms with van der Waals surface area (Å²) in [6, 6.07) is 37.3. The quantitative estimate of drug-likeness (QED) is 0.245. The molecule has 0 aliphatic rings. The van der Waals surface area contributed by atoms with Crippen molar-refractivity contribution in [3.05, 3.63) is 137 Å². The molecule has 184 valence electrons. The lowest BCUT2D eigenvalue weighted by Crippen LogP contribution is -2.25. The molecular formula is C31H27ClN4O. The van der Waals surface area contributed by atoms with Gasteiger partial charge in [-0.3, -0.25) is 4.79 Å². The monoisotopic (exact) mass is 506 g/mol. The van der Waals surface area contributed by atoms with E-state index in [0.29, 0.717) is 22.9 Å². The first kappa shape index (κ1) is 24.3. The topological polar surface area (TPSA) is 72.9 Å². The van der Waals surface area contributed by atoms with Crippen LogP contribution in [0.2, 0.25) is 5.02 Å². The number of nitrogens with zero attached hydrogens (tertiary/aromatic N) is 2. The molecule has 1 aromatic heterocycles. The first-order valence-electron chi connectivity index (χ1n) is 12.2. The second-order valence-corrected chi connectivity index (χ2v) is 9.27. The largest absolute Gasteiger partial charge is 0.384 e. The number of nitrogen functional groups attached to an aromatic ring is 1. The highest BCUT2D eigenvalue weighted by molar-refractivity contribution is 6.30. The lowest BCUT2D eigenvalue weighted by Gasteiger charge is -2.18. The second-order valence-electron chi connectivity index (χ2n) is 8.84. The van der Waals surface area contributed by atoms with Crippen LogP contribution < -0.4 is 11.1 Å². The Kier molecular flexibility index (Phi) is 7.33. The Balaban J connectivity index is 1.24. The van der Waals surface area contributed by atoms with E-state index in [1.807, 2.05) is 54.6 Å². The van der Waals surface area contributed by atoms with Crippen LogP contribution >= 0.6 is 11.6 Å². The van der Waals surface area contributed by atoms with Gasteiger partial charge in [0.05, 0.1) is 11.4 Å². The van der Waals surface area contributed by atoms with E-state index in [4.69, 9.17) is 17.3 Å². The number of hydrogen-bond acceptors (Lipinski definition) is 3. The summed E-state index contributed by atoms with van der Waals surface area (Å²) in [5.41, 5.74) is 11.7. The number of nitrogens with two attached hydrogens (primary N) is 1. The van der Waals surface area contributed by atoms with Gasteiger partial charge in [-0.05, 0) is 53.9 Å². The number of amides is 1. The Morgan fingerprint density at radius 2 is 1.43 bits per heavy atom. The summed E-state index contributed by atoms with van der Waals surface area (Å²) in [4.78, 5) is 12.9. The van der Waals surface area contributed by atoms with Crippen molar-refractivity contribution in [1.29, 1.82) is 0 Å². The van der Waals surface area contributed by atoms with Gasteiger partial charge >= 0.3 is 0 Å². The van der Waals surface area contributed by atoms with Gasteiger partial charge in [-0.15, -0.1) is 0 Å². The zero-order chi connectivity index (χ0) is 25.6. The third-order valence-electron chi connectivity index (χ3n) is 6.37. The molecule has 1 amide bonds. The molecule has 0 saturated heterocycles. The Morgan fingerprint density at radius 1 is 0.838 bits per heavy atom. The number of nitrogens with one attached hydrogen (secondary N) is 1. The van der Waals surface area contributed by atoms with Crippen molar-refractivity contribution >= 4 is 23.3 Å². The normalized spacial score (nSPS) is 11.0. The van der Waals surface area contributed by atoms with Crippen LogP contribution in [0.5, 0.6) is 0 Å². The molecule has 3 N–H and O–H groups in total. The number of benzene rings is 4. The Bertz CT molecular complexity index is 1420. The highest BCUT2D eigenvalue weighted by Crippen LogP contribution is 2.28. The van der Waals surface area contributed by atoms with Crippen molar-refractivity contribution in [3.8, 4) is 16.9 Å². The molecule has 5 rings (SSSR count). The molecule has 0 saturated carbocycles. The molecule has 0 radical (unpaired) electrons. The number of anilines is 1. The molecular weight excluding hydrogens is 480 g/mol. The third-order valence-corrected chi connectivity index (χ3v) is 6.63. The van der Waals surface area contributed by atoms with Gasteiger partial charge in [0.1, 0.15) is 5.82 Å². The van der Waals surface area contributed by atoms with Crippen LogP contribution in [0.15, 0.2) is 115 Å². The van der Waals surface area contributed by atoms with Crippen LogP contribution in [-0.4, -0.2) is 22.2 Å². The fourth-order valence-electron chi connectivity index (χ4n) is 4.45. The molecule has 1 heterocycles. The van der Waals surface area contributed by atoms with Crippen LogP contribution in [0.3, 0.4) is 0 Å². The lowest BCUT2D eigenvalue weighted by atomic mass is 9.88. The summed E-state index contributed by atoms with van der Waals surface area (Å²) in [5, 5.41) is 8.37. The maximum Gasteiger partial charge on any atom is 0.251 e. The molecule has 0 unspecified atom stereocenters. The van der Waals surface area contributed by atoms with Gasteiger partial charge in [0.2, 0.25) is 0 Å².